The second-order valence-electron chi connectivity index (χ2n) is 3.91. The largest absolute Gasteiger partial charge is 0.469 e. The smallest absolute Gasteiger partial charge is 0.308 e. The zero-order valence-corrected chi connectivity index (χ0v) is 9.06. The van der Waals surface area contributed by atoms with Gasteiger partial charge in [-0.1, -0.05) is 0 Å². The normalized spacial score (nSPS) is 30.7. The number of carbonyl (C=O) groups is 2. The topological polar surface area (TPSA) is 78.6 Å². The fraction of sp³-hybridized carbons (Fsp3) is 0.800. The van der Waals surface area contributed by atoms with Crippen molar-refractivity contribution in [1.82, 2.24) is 0 Å². The summed E-state index contributed by atoms with van der Waals surface area (Å²) in [4.78, 5) is 22.7. The van der Waals surface area contributed by atoms with E-state index in [0.717, 1.165) is 0 Å². The molecule has 1 fully saturated rings. The van der Waals surface area contributed by atoms with Gasteiger partial charge in [0.15, 0.2) is 0 Å². The average Bonchev–Trinajstić information content (AvgIpc) is 2.26. The van der Waals surface area contributed by atoms with E-state index in [2.05, 4.69) is 9.47 Å². The summed E-state index contributed by atoms with van der Waals surface area (Å²) in [6.07, 6.45) is 1.65. The molecule has 86 valence electrons. The Balaban J connectivity index is 2.63. The van der Waals surface area contributed by atoms with Crippen molar-refractivity contribution in [3.8, 4) is 0 Å². The lowest BCUT2D eigenvalue weighted by Crippen LogP contribution is -2.39. The lowest BCUT2D eigenvalue weighted by molar-refractivity contribution is -0.152. The summed E-state index contributed by atoms with van der Waals surface area (Å²) >= 11 is 0. The predicted molar refractivity (Wildman–Crippen MR) is 52.8 cm³/mol. The maximum atomic E-state index is 11.3. The Labute approximate surface area is 88.9 Å². The molecule has 0 aliphatic heterocycles. The molecule has 15 heavy (non-hydrogen) atoms. The zero-order chi connectivity index (χ0) is 11.4. The lowest BCUT2D eigenvalue weighted by Gasteiger charge is -2.29. The summed E-state index contributed by atoms with van der Waals surface area (Å²) in [5.74, 6) is -1.14. The van der Waals surface area contributed by atoms with Crippen LogP contribution in [0.3, 0.4) is 0 Å². The van der Waals surface area contributed by atoms with Crippen LogP contribution in [0, 0.1) is 11.8 Å². The van der Waals surface area contributed by atoms with Crippen molar-refractivity contribution >= 4 is 11.9 Å². The van der Waals surface area contributed by atoms with Gasteiger partial charge in [-0.15, -0.1) is 0 Å². The number of hydrogen-bond acceptors (Lipinski definition) is 5. The van der Waals surface area contributed by atoms with Gasteiger partial charge in [0, 0.05) is 6.04 Å². The molecule has 5 heteroatoms. The molecule has 0 amide bonds. The first-order chi connectivity index (χ1) is 7.08. The molecule has 2 unspecified atom stereocenters. The minimum atomic E-state index is -0.293. The summed E-state index contributed by atoms with van der Waals surface area (Å²) in [5.41, 5.74) is 5.78. The third kappa shape index (κ3) is 2.92. The third-order valence-corrected chi connectivity index (χ3v) is 2.81. The molecule has 1 aliphatic carbocycles. The van der Waals surface area contributed by atoms with Gasteiger partial charge >= 0.3 is 11.9 Å². The fourth-order valence-corrected chi connectivity index (χ4v) is 2.08. The van der Waals surface area contributed by atoms with Gasteiger partial charge in [-0.2, -0.15) is 0 Å². The molecule has 0 spiro atoms. The van der Waals surface area contributed by atoms with E-state index in [1.807, 2.05) is 0 Å². The van der Waals surface area contributed by atoms with E-state index in [1.54, 1.807) is 0 Å². The molecule has 0 radical (unpaired) electrons. The molecule has 1 aliphatic rings. The summed E-state index contributed by atoms with van der Waals surface area (Å²) in [6, 6.07) is -0.132. The van der Waals surface area contributed by atoms with Crippen LogP contribution in [-0.4, -0.2) is 32.2 Å². The Kier molecular flexibility index (Phi) is 4.08. The number of nitrogens with two attached hydrogens (primary N) is 1. The van der Waals surface area contributed by atoms with E-state index >= 15 is 0 Å². The maximum absolute atomic E-state index is 11.3. The molecular formula is C10H17NO4. The fourth-order valence-electron chi connectivity index (χ4n) is 2.08. The molecular weight excluding hydrogens is 198 g/mol. The quantitative estimate of drug-likeness (QED) is 0.660. The van der Waals surface area contributed by atoms with Crippen LogP contribution in [0.5, 0.6) is 0 Å². The summed E-state index contributed by atoms with van der Waals surface area (Å²) < 4.78 is 9.31. The van der Waals surface area contributed by atoms with Crippen molar-refractivity contribution in [2.75, 3.05) is 14.2 Å². The first-order valence-electron chi connectivity index (χ1n) is 4.99. The predicted octanol–water partition coefficient (Wildman–Crippen LogP) is 0.0760. The number of carbonyl (C=O) groups excluding carboxylic acids is 2. The van der Waals surface area contributed by atoms with E-state index in [4.69, 9.17) is 5.73 Å². The molecule has 0 aromatic carbocycles. The summed E-state index contributed by atoms with van der Waals surface area (Å²) in [5, 5.41) is 0. The maximum Gasteiger partial charge on any atom is 0.308 e. The third-order valence-electron chi connectivity index (χ3n) is 2.81. The summed E-state index contributed by atoms with van der Waals surface area (Å²) in [7, 11) is 2.69. The van der Waals surface area contributed by atoms with Gasteiger partial charge in [-0.25, -0.2) is 0 Å². The molecule has 0 aromatic heterocycles. The number of ether oxygens (including phenoxy) is 2. The van der Waals surface area contributed by atoms with Gasteiger partial charge in [0.1, 0.15) is 0 Å². The molecule has 2 atom stereocenters. The second kappa shape index (κ2) is 5.11. The first-order valence-corrected chi connectivity index (χ1v) is 4.99. The zero-order valence-electron chi connectivity index (χ0n) is 9.06. The Morgan fingerprint density at radius 2 is 1.40 bits per heavy atom. The first kappa shape index (κ1) is 12.0. The number of rotatable bonds is 2. The Morgan fingerprint density at radius 1 is 1.00 bits per heavy atom. The van der Waals surface area contributed by atoms with Gasteiger partial charge in [-0.05, 0) is 19.3 Å². The molecule has 0 bridgehead atoms. The molecule has 2 N–H and O–H groups in total. The number of methoxy groups -OCH3 is 2. The van der Waals surface area contributed by atoms with Gasteiger partial charge in [0.25, 0.3) is 0 Å². The Bertz CT molecular complexity index is 230. The van der Waals surface area contributed by atoms with E-state index < -0.39 is 0 Å². The van der Waals surface area contributed by atoms with E-state index in [0.29, 0.717) is 19.3 Å². The lowest BCUT2D eigenvalue weighted by atomic mass is 9.79. The average molecular weight is 215 g/mol. The van der Waals surface area contributed by atoms with Crippen molar-refractivity contribution < 1.29 is 19.1 Å². The van der Waals surface area contributed by atoms with E-state index in [-0.39, 0.29) is 29.8 Å². The second-order valence-corrected chi connectivity index (χ2v) is 3.91. The van der Waals surface area contributed by atoms with Crippen LogP contribution >= 0.6 is 0 Å². The van der Waals surface area contributed by atoms with Crippen molar-refractivity contribution in [3.63, 3.8) is 0 Å². The van der Waals surface area contributed by atoms with Crippen LogP contribution in [0.15, 0.2) is 0 Å². The van der Waals surface area contributed by atoms with Gasteiger partial charge < -0.3 is 15.2 Å². The van der Waals surface area contributed by atoms with Crippen molar-refractivity contribution in [2.45, 2.75) is 25.3 Å². The molecule has 0 heterocycles. The van der Waals surface area contributed by atoms with Crippen LogP contribution < -0.4 is 5.73 Å². The standard InChI is InChI=1S/C10H17NO4/c1-14-9(12)6-3-7(10(13)15-2)5-8(11)4-6/h6-8H,3-5,11H2,1-2H3. The monoisotopic (exact) mass is 215 g/mol. The minimum Gasteiger partial charge on any atom is -0.469 e. The van der Waals surface area contributed by atoms with Crippen LogP contribution in [0.4, 0.5) is 0 Å². The van der Waals surface area contributed by atoms with Gasteiger partial charge in [-0.3, -0.25) is 9.59 Å². The highest BCUT2D eigenvalue weighted by Gasteiger charge is 2.35. The van der Waals surface area contributed by atoms with Crippen molar-refractivity contribution in [2.24, 2.45) is 17.6 Å². The van der Waals surface area contributed by atoms with E-state index in [9.17, 15) is 9.59 Å². The highest BCUT2D eigenvalue weighted by molar-refractivity contribution is 5.76. The number of hydrogen-bond donors (Lipinski definition) is 1. The highest BCUT2D eigenvalue weighted by atomic mass is 16.5. The SMILES string of the molecule is COC(=O)C1CC(N)CC(C(=O)OC)C1. The molecule has 1 saturated carbocycles. The number of esters is 2. The van der Waals surface area contributed by atoms with Crippen LogP contribution in [0.2, 0.25) is 0 Å². The Morgan fingerprint density at radius 3 is 1.73 bits per heavy atom. The molecule has 0 saturated heterocycles. The minimum absolute atomic E-state index is 0.132. The molecule has 0 aromatic rings. The van der Waals surface area contributed by atoms with Crippen LogP contribution in [0.1, 0.15) is 19.3 Å². The molecule has 5 nitrogen and oxygen atoms in total. The van der Waals surface area contributed by atoms with Crippen molar-refractivity contribution in [1.29, 1.82) is 0 Å². The van der Waals surface area contributed by atoms with Gasteiger partial charge in [0.05, 0.1) is 26.1 Å². The highest BCUT2D eigenvalue weighted by Crippen LogP contribution is 2.29. The van der Waals surface area contributed by atoms with Crippen LogP contribution in [-0.2, 0) is 19.1 Å². The molecule has 1 rings (SSSR count). The van der Waals surface area contributed by atoms with Gasteiger partial charge in [0.2, 0.25) is 0 Å². The van der Waals surface area contributed by atoms with E-state index in [1.165, 1.54) is 14.2 Å². The van der Waals surface area contributed by atoms with Crippen molar-refractivity contribution in [3.05, 3.63) is 0 Å². The van der Waals surface area contributed by atoms with Crippen LogP contribution in [0.25, 0.3) is 0 Å². The Hall–Kier alpha value is -1.10. The summed E-state index contributed by atoms with van der Waals surface area (Å²) in [6.45, 7) is 0.